The van der Waals surface area contributed by atoms with Crippen LogP contribution >= 0.6 is 0 Å². The lowest BCUT2D eigenvalue weighted by atomic mass is 10.0. The molecule has 0 amide bonds. The average Bonchev–Trinajstić information content (AvgIpc) is 2.65. The van der Waals surface area contributed by atoms with Crippen molar-refractivity contribution in [3.63, 3.8) is 0 Å². The summed E-state index contributed by atoms with van der Waals surface area (Å²) in [7, 11) is 0. The predicted octanol–water partition coefficient (Wildman–Crippen LogP) is 2.98. The summed E-state index contributed by atoms with van der Waals surface area (Å²) in [6.45, 7) is -0.305. The van der Waals surface area contributed by atoms with Crippen LogP contribution in [0.25, 0.3) is 22.0 Å². The first-order chi connectivity index (χ1) is 12.8. The highest BCUT2D eigenvalue weighted by molar-refractivity contribution is 5.88. The van der Waals surface area contributed by atoms with Gasteiger partial charge in [0.15, 0.2) is 0 Å². The molecule has 0 unspecified atom stereocenters. The van der Waals surface area contributed by atoms with Gasteiger partial charge in [0.2, 0.25) is 0 Å². The molecule has 1 atom stereocenters. The van der Waals surface area contributed by atoms with Gasteiger partial charge in [0.25, 0.3) is 5.56 Å². The first-order valence-electron chi connectivity index (χ1n) is 8.16. The highest BCUT2D eigenvalue weighted by Gasteiger charge is 2.33. The van der Waals surface area contributed by atoms with Gasteiger partial charge in [-0.1, -0.05) is 24.3 Å². The molecule has 1 aromatic heterocycles. The molecule has 0 saturated heterocycles. The van der Waals surface area contributed by atoms with Gasteiger partial charge in [0.1, 0.15) is 0 Å². The minimum atomic E-state index is -4.54. The summed E-state index contributed by atoms with van der Waals surface area (Å²) < 4.78 is 39.7. The maximum atomic E-state index is 13.2. The molecule has 2 aromatic carbocycles. The van der Waals surface area contributed by atoms with E-state index in [1.54, 1.807) is 12.1 Å². The Kier molecular flexibility index (Phi) is 5.20. The van der Waals surface area contributed by atoms with E-state index >= 15 is 0 Å². The fourth-order valence-corrected chi connectivity index (χ4v) is 2.78. The largest absolute Gasteiger partial charge is 0.417 e. The number of alkyl halides is 3. The number of rotatable bonds is 5. The van der Waals surface area contributed by atoms with Gasteiger partial charge in [-0.05, 0) is 29.7 Å². The summed E-state index contributed by atoms with van der Waals surface area (Å²) in [5, 5.41) is 21.9. The highest BCUT2D eigenvalue weighted by atomic mass is 19.4. The molecule has 142 valence electrons. The normalized spacial score (nSPS) is 12.9. The van der Waals surface area contributed by atoms with E-state index in [2.05, 4.69) is 10.3 Å². The summed E-state index contributed by atoms with van der Waals surface area (Å²) in [5.74, 6) is 0. The molecule has 0 spiro atoms. The van der Waals surface area contributed by atoms with Gasteiger partial charge in [-0.3, -0.25) is 4.79 Å². The number of halogens is 3. The molecule has 27 heavy (non-hydrogen) atoms. The van der Waals surface area contributed by atoms with E-state index < -0.39 is 30.0 Å². The Hall–Kier alpha value is -2.84. The number of fused-ring (bicyclic) bond motifs is 1. The van der Waals surface area contributed by atoms with Gasteiger partial charge >= 0.3 is 6.18 Å². The maximum absolute atomic E-state index is 13.2. The van der Waals surface area contributed by atoms with Crippen molar-refractivity contribution in [2.75, 3.05) is 18.5 Å². The summed E-state index contributed by atoms with van der Waals surface area (Å²) in [4.78, 5) is 14.9. The molecular weight excluding hydrogens is 361 g/mol. The molecule has 0 saturated carbocycles. The lowest BCUT2D eigenvalue weighted by Crippen LogP contribution is -2.23. The fraction of sp³-hybridized carbons (Fsp3) is 0.211. The van der Waals surface area contributed by atoms with Crippen LogP contribution in [0, 0.1) is 0 Å². The molecule has 0 aliphatic heterocycles. The van der Waals surface area contributed by atoms with E-state index in [9.17, 15) is 23.1 Å². The zero-order chi connectivity index (χ0) is 19.6. The third kappa shape index (κ3) is 4.12. The van der Waals surface area contributed by atoms with E-state index in [0.717, 1.165) is 6.07 Å². The van der Waals surface area contributed by atoms with E-state index in [4.69, 9.17) is 5.11 Å². The van der Waals surface area contributed by atoms with Crippen LogP contribution in [0.5, 0.6) is 0 Å². The molecule has 0 fully saturated rings. The van der Waals surface area contributed by atoms with E-state index in [1.165, 1.54) is 30.3 Å². The molecule has 3 aromatic rings. The predicted molar refractivity (Wildman–Crippen MR) is 96.6 cm³/mol. The lowest BCUT2D eigenvalue weighted by molar-refractivity contribution is -0.137. The standard InChI is InChI=1S/C19H17F3N2O3/c20-19(21,22)16-4-2-1-3-14(16)17-7-11-5-6-12(23-9-13(26)10-25)8-15(11)18(27)24-17/h1-8,13,23,25-26H,9-10H2,(H,24,27)/t13-/m0/s1. The Labute approximate surface area is 152 Å². The number of pyridine rings is 1. The Morgan fingerprint density at radius 3 is 2.56 bits per heavy atom. The van der Waals surface area contributed by atoms with E-state index in [1.807, 2.05) is 0 Å². The SMILES string of the molecule is O=c1[nH]c(-c2ccccc2C(F)(F)F)cc2ccc(NC[C@H](O)CO)cc12. The van der Waals surface area contributed by atoms with Crippen LogP contribution in [0.15, 0.2) is 53.3 Å². The third-order valence-electron chi connectivity index (χ3n) is 4.12. The van der Waals surface area contributed by atoms with Crippen LogP contribution in [-0.4, -0.2) is 34.5 Å². The summed E-state index contributed by atoms with van der Waals surface area (Å²) >= 11 is 0. The second kappa shape index (κ2) is 7.42. The molecule has 0 aliphatic rings. The number of aromatic nitrogens is 1. The number of hydrogen-bond donors (Lipinski definition) is 4. The number of H-pyrrole nitrogens is 1. The van der Waals surface area contributed by atoms with E-state index in [-0.39, 0.29) is 17.8 Å². The number of hydrogen-bond acceptors (Lipinski definition) is 4. The lowest BCUT2D eigenvalue weighted by Gasteiger charge is -2.14. The van der Waals surface area contributed by atoms with E-state index in [0.29, 0.717) is 16.5 Å². The zero-order valence-corrected chi connectivity index (χ0v) is 14.0. The van der Waals surface area contributed by atoms with Gasteiger partial charge < -0.3 is 20.5 Å². The van der Waals surface area contributed by atoms with Crippen LogP contribution in [0.2, 0.25) is 0 Å². The van der Waals surface area contributed by atoms with Crippen LogP contribution in [-0.2, 0) is 6.18 Å². The van der Waals surface area contributed by atoms with Crippen molar-refractivity contribution in [2.24, 2.45) is 0 Å². The van der Waals surface area contributed by atoms with Crippen molar-refractivity contribution in [2.45, 2.75) is 12.3 Å². The molecular formula is C19H17F3N2O3. The molecule has 0 bridgehead atoms. The quantitative estimate of drug-likeness (QED) is 0.550. The first kappa shape index (κ1) is 18.9. The van der Waals surface area contributed by atoms with Gasteiger partial charge in [-0.15, -0.1) is 0 Å². The molecule has 0 aliphatic carbocycles. The second-order valence-electron chi connectivity index (χ2n) is 6.07. The number of aromatic amines is 1. The van der Waals surface area contributed by atoms with Crippen molar-refractivity contribution < 1.29 is 23.4 Å². The molecule has 8 heteroatoms. The molecule has 5 nitrogen and oxygen atoms in total. The minimum Gasteiger partial charge on any atom is -0.394 e. The van der Waals surface area contributed by atoms with Crippen molar-refractivity contribution in [3.05, 3.63) is 64.4 Å². The smallest absolute Gasteiger partial charge is 0.394 e. The number of nitrogens with one attached hydrogen (secondary N) is 2. The number of benzene rings is 2. The van der Waals surface area contributed by atoms with Crippen LogP contribution < -0.4 is 10.9 Å². The zero-order valence-electron chi connectivity index (χ0n) is 14.0. The van der Waals surface area contributed by atoms with Crippen LogP contribution in [0.3, 0.4) is 0 Å². The fourth-order valence-electron chi connectivity index (χ4n) is 2.78. The topological polar surface area (TPSA) is 85.4 Å². The van der Waals surface area contributed by atoms with Crippen molar-refractivity contribution >= 4 is 16.5 Å². The second-order valence-corrected chi connectivity index (χ2v) is 6.07. The van der Waals surface area contributed by atoms with Crippen LogP contribution in [0.1, 0.15) is 5.56 Å². The average molecular weight is 378 g/mol. The van der Waals surface area contributed by atoms with Gasteiger partial charge in [0.05, 0.1) is 18.3 Å². The Bertz CT molecular complexity index is 1010. The first-order valence-corrected chi connectivity index (χ1v) is 8.16. The van der Waals surface area contributed by atoms with Crippen LogP contribution in [0.4, 0.5) is 18.9 Å². The number of aliphatic hydroxyl groups is 2. The van der Waals surface area contributed by atoms with Crippen molar-refractivity contribution in [1.82, 2.24) is 4.98 Å². The van der Waals surface area contributed by atoms with Gasteiger partial charge in [-0.25, -0.2) is 0 Å². The number of anilines is 1. The minimum absolute atomic E-state index is 0.0804. The maximum Gasteiger partial charge on any atom is 0.417 e. The summed E-state index contributed by atoms with van der Waals surface area (Å²) in [5.41, 5.74) is -0.819. The Morgan fingerprint density at radius 1 is 1.11 bits per heavy atom. The molecule has 4 N–H and O–H groups in total. The molecule has 1 heterocycles. The van der Waals surface area contributed by atoms with Gasteiger partial charge in [-0.2, -0.15) is 13.2 Å². The third-order valence-corrected chi connectivity index (χ3v) is 4.12. The molecule has 0 radical (unpaired) electrons. The van der Waals surface area contributed by atoms with Crippen molar-refractivity contribution in [3.8, 4) is 11.3 Å². The highest BCUT2D eigenvalue weighted by Crippen LogP contribution is 2.36. The summed E-state index contributed by atoms with van der Waals surface area (Å²) in [6.07, 6.45) is -5.48. The Balaban J connectivity index is 2.03. The Morgan fingerprint density at radius 2 is 1.85 bits per heavy atom. The van der Waals surface area contributed by atoms with Gasteiger partial charge in [0, 0.05) is 28.9 Å². The summed E-state index contributed by atoms with van der Waals surface area (Å²) in [6, 6.07) is 11.3. The van der Waals surface area contributed by atoms with Crippen molar-refractivity contribution in [1.29, 1.82) is 0 Å². The number of aliphatic hydroxyl groups excluding tert-OH is 2. The molecule has 3 rings (SSSR count). The monoisotopic (exact) mass is 378 g/mol.